The number of carbonyl (C=O) groups is 12. The maximum absolute atomic E-state index is 15.6. The van der Waals surface area contributed by atoms with E-state index in [9.17, 15) is 55.9 Å². The summed E-state index contributed by atoms with van der Waals surface area (Å²) in [5, 5.41) is 7.41. The fourth-order valence-corrected chi connectivity index (χ4v) is 16.5. The van der Waals surface area contributed by atoms with Crippen LogP contribution >= 0.6 is 11.6 Å². The van der Waals surface area contributed by atoms with Crippen LogP contribution in [0.5, 0.6) is 0 Å². The molecule has 101 heavy (non-hydrogen) atoms. The third kappa shape index (κ3) is 21.9. The van der Waals surface area contributed by atoms with E-state index in [-0.39, 0.29) is 82.5 Å². The van der Waals surface area contributed by atoms with Crippen molar-refractivity contribution in [2.24, 2.45) is 35.5 Å². The van der Waals surface area contributed by atoms with Gasteiger partial charge >= 0.3 is 6.18 Å². The van der Waals surface area contributed by atoms with Gasteiger partial charge in [-0.15, -0.1) is 11.6 Å². The molecular formula is C72H117ClF4N12O12. The van der Waals surface area contributed by atoms with Gasteiger partial charge in [-0.1, -0.05) is 79.1 Å². The minimum absolute atomic E-state index is 0.00373. The van der Waals surface area contributed by atoms with Crippen LogP contribution in [0.3, 0.4) is 0 Å². The van der Waals surface area contributed by atoms with E-state index in [1.807, 2.05) is 6.92 Å². The number of amides is 12. The Morgan fingerprint density at radius 3 is 1.72 bits per heavy atom. The molecule has 12 amide bonds. The van der Waals surface area contributed by atoms with Crippen LogP contribution in [0.4, 0.5) is 17.6 Å². The lowest BCUT2D eigenvalue weighted by molar-refractivity contribution is -0.182. The predicted octanol–water partition coefficient (Wildman–Crippen LogP) is 6.29. The first-order chi connectivity index (χ1) is 47.4. The summed E-state index contributed by atoms with van der Waals surface area (Å²) < 4.78 is 57.1. The number of alkyl halides is 5. The van der Waals surface area contributed by atoms with Crippen molar-refractivity contribution in [1.29, 1.82) is 0 Å². The van der Waals surface area contributed by atoms with Crippen molar-refractivity contribution < 1.29 is 75.1 Å². The first-order valence-electron chi connectivity index (χ1n) is 37.0. The van der Waals surface area contributed by atoms with Crippen LogP contribution in [0.25, 0.3) is 0 Å². The largest absolute Gasteiger partial charge is 0.393 e. The first kappa shape index (κ1) is 83.6. The molecule has 2 saturated heterocycles. The summed E-state index contributed by atoms with van der Waals surface area (Å²) in [5.74, 6) is -11.8. The van der Waals surface area contributed by atoms with Gasteiger partial charge in [0.1, 0.15) is 54.0 Å². The second-order valence-electron chi connectivity index (χ2n) is 30.7. The summed E-state index contributed by atoms with van der Waals surface area (Å²) in [4.78, 5) is 189. The highest BCUT2D eigenvalue weighted by Crippen LogP contribution is 2.44. The molecule has 2 heterocycles. The van der Waals surface area contributed by atoms with Gasteiger partial charge in [0.25, 0.3) is 0 Å². The summed E-state index contributed by atoms with van der Waals surface area (Å²) in [6, 6.07) is -9.11. The van der Waals surface area contributed by atoms with Gasteiger partial charge in [0, 0.05) is 74.8 Å². The lowest BCUT2D eigenvalue weighted by Crippen LogP contribution is -2.65. The Hall–Kier alpha value is -6.35. The highest BCUT2D eigenvalue weighted by Gasteiger charge is 2.51. The van der Waals surface area contributed by atoms with Gasteiger partial charge in [0.05, 0.1) is 32.0 Å². The highest BCUT2D eigenvalue weighted by atomic mass is 35.5. The first-order valence-corrected chi connectivity index (χ1v) is 37.5. The molecule has 4 saturated carbocycles. The van der Waals surface area contributed by atoms with Gasteiger partial charge in [-0.25, -0.2) is 4.39 Å². The molecule has 6 rings (SSSR count). The zero-order valence-electron chi connectivity index (χ0n) is 62.2. The lowest BCUT2D eigenvalue weighted by Gasteiger charge is -2.42. The average Bonchev–Trinajstić information content (AvgIpc) is 1.58. The summed E-state index contributed by atoms with van der Waals surface area (Å²) in [7, 11) is 11.1. The lowest BCUT2D eigenvalue weighted by atomic mass is 9.78. The molecule has 24 nitrogen and oxygen atoms in total. The Labute approximate surface area is 600 Å². The van der Waals surface area contributed by atoms with Crippen molar-refractivity contribution in [2.75, 3.05) is 89.1 Å². The Kier molecular flexibility index (Phi) is 30.9. The van der Waals surface area contributed by atoms with E-state index in [1.165, 1.54) is 82.9 Å². The smallest absolute Gasteiger partial charge is 0.343 e. The molecule has 0 aromatic heterocycles. The van der Waals surface area contributed by atoms with Gasteiger partial charge in [-0.3, -0.25) is 57.5 Å². The number of carbonyl (C=O) groups excluding carboxylic acids is 12. The zero-order valence-corrected chi connectivity index (χ0v) is 62.9. The van der Waals surface area contributed by atoms with E-state index in [2.05, 4.69) is 16.0 Å². The number of likely N-dealkylation sites (tertiary alicyclic amines) is 1. The summed E-state index contributed by atoms with van der Waals surface area (Å²) in [5.41, 5.74) is -1.65. The number of rotatable bonds is 11. The summed E-state index contributed by atoms with van der Waals surface area (Å²) >= 11 is 6.42. The van der Waals surface area contributed by atoms with Crippen molar-refractivity contribution in [3.63, 3.8) is 0 Å². The molecule has 0 aromatic rings. The Bertz CT molecular complexity index is 2910. The third-order valence-corrected chi connectivity index (χ3v) is 23.6. The maximum Gasteiger partial charge on any atom is 0.393 e. The number of nitrogens with zero attached hydrogens (tertiary/aromatic N) is 9. The SMILES string of the molecule is CC[C@H](C)[C@@H]1NC(=O)[C@H](C)N(C)C(=O)C[C@@H](C(=O)N2CCCCC2)N(C)C(=O)[C@H](C(C)C)N(C)C(=O)C2(CCCC2)NC(=O)[C@H](CC2CCC(F)CC2)N(C)C(=O)[C@H](CCC2CCC(C(F)(F)F)C(Cl)C2)NC(=O)CN(C)C(=O)[C@H](CC2CCCCC2)N(C)C(=O)CN(C)C(=O)CN(C)C1=O. The van der Waals surface area contributed by atoms with E-state index in [0.717, 1.165) is 58.1 Å². The van der Waals surface area contributed by atoms with Crippen LogP contribution in [-0.4, -0.2) is 270 Å². The van der Waals surface area contributed by atoms with Gasteiger partial charge in [0.15, 0.2) is 0 Å². The summed E-state index contributed by atoms with van der Waals surface area (Å²) in [6.45, 7) is 7.43. The van der Waals surface area contributed by atoms with Crippen molar-refractivity contribution in [1.82, 2.24) is 60.0 Å². The monoisotopic (exact) mass is 1450 g/mol. The molecule has 29 heteroatoms. The Morgan fingerprint density at radius 2 is 1.14 bits per heavy atom. The van der Waals surface area contributed by atoms with Gasteiger partial charge in [0.2, 0.25) is 70.9 Å². The molecule has 0 radical (unpaired) electrons. The van der Waals surface area contributed by atoms with Crippen molar-refractivity contribution >= 4 is 82.5 Å². The van der Waals surface area contributed by atoms with Crippen LogP contribution in [0.1, 0.15) is 195 Å². The number of halogens is 5. The Balaban J connectivity index is 1.43. The van der Waals surface area contributed by atoms with Crippen LogP contribution in [0.2, 0.25) is 0 Å². The van der Waals surface area contributed by atoms with E-state index in [1.54, 1.807) is 25.7 Å². The van der Waals surface area contributed by atoms with Gasteiger partial charge < -0.3 is 60.0 Å². The molecule has 6 fully saturated rings. The molecule has 0 bridgehead atoms. The van der Waals surface area contributed by atoms with Crippen molar-refractivity contribution in [2.45, 2.75) is 261 Å². The standard InChI is InChI=1S/C72H117ClF4N12O12/c1-14-45(4)61-68(99)83(8)42-59(92)81(6)43-60(93)85(10)55(39-47-23-17-15-18-24-47)66(97)82(7)41-57(90)78-53(32-28-48-27-31-51(52(73)37-48)72(75,76)77)65(96)86(11)54(38-49-25-29-50(74)30-26-49)64(95)80-71(33-19-20-34-71)70(101)88(13)62(44(2)3)69(100)87(12)56(67(98)89-35-21-16-22-36-89)40-58(91)84(9)46(5)63(94)79-61/h44-56,61-62H,14-43H2,1-13H3,(H,78,90)(H,79,94)(H,80,95)/t45-,46-,48?,49?,50?,51?,52?,53-,54-,55-,56-,61-,62-/m0/s1. The number of hydrogen-bond acceptors (Lipinski definition) is 12. The minimum atomic E-state index is -4.54. The highest BCUT2D eigenvalue weighted by molar-refractivity contribution is 6.21. The van der Waals surface area contributed by atoms with E-state index >= 15 is 19.2 Å². The molecule has 2 aliphatic heterocycles. The molecule has 1 spiro atoms. The second kappa shape index (κ2) is 37.4. The molecule has 0 aromatic carbocycles. The molecule has 11 atom stereocenters. The van der Waals surface area contributed by atoms with Crippen LogP contribution in [-0.2, 0) is 57.5 Å². The topological polar surface area (TPSA) is 270 Å². The molecule has 572 valence electrons. The maximum atomic E-state index is 15.6. The molecule has 6 aliphatic rings. The summed E-state index contributed by atoms with van der Waals surface area (Å²) in [6.07, 6.45) is 2.98. The van der Waals surface area contributed by atoms with Crippen molar-refractivity contribution in [3.05, 3.63) is 0 Å². The predicted molar refractivity (Wildman–Crippen MR) is 372 cm³/mol. The number of likely N-dealkylation sites (N-methyl/N-ethyl adjacent to an activating group) is 8. The quantitative estimate of drug-likeness (QED) is 0.152. The second-order valence-corrected chi connectivity index (χ2v) is 31.3. The number of nitrogens with one attached hydrogen (secondary N) is 3. The van der Waals surface area contributed by atoms with Crippen molar-refractivity contribution in [3.8, 4) is 0 Å². The minimum Gasteiger partial charge on any atom is -0.343 e. The fraction of sp³-hybridized carbons (Fsp3) is 0.833. The molecule has 4 aliphatic carbocycles. The van der Waals surface area contributed by atoms with E-state index < -0.39 is 186 Å². The number of piperidine rings is 1. The van der Waals surface area contributed by atoms with Crippen LogP contribution in [0, 0.1) is 35.5 Å². The zero-order chi connectivity index (χ0) is 75.1. The number of hydrogen-bond donors (Lipinski definition) is 3. The average molecular weight is 1450 g/mol. The molecule has 3 N–H and O–H groups in total. The van der Waals surface area contributed by atoms with Crippen LogP contribution < -0.4 is 16.0 Å². The normalized spacial score (nSPS) is 30.7. The van der Waals surface area contributed by atoms with E-state index in [0.29, 0.717) is 58.0 Å². The van der Waals surface area contributed by atoms with Gasteiger partial charge in [-0.2, -0.15) is 13.2 Å². The van der Waals surface area contributed by atoms with E-state index in [4.69, 9.17) is 11.6 Å². The molecule has 3 unspecified atom stereocenters. The van der Waals surface area contributed by atoms with Gasteiger partial charge in [-0.05, 0) is 139 Å². The van der Waals surface area contributed by atoms with Crippen LogP contribution in [0.15, 0.2) is 0 Å². The molecular weight excluding hydrogens is 1340 g/mol. The fourth-order valence-electron chi connectivity index (χ4n) is 16.0. The third-order valence-electron chi connectivity index (χ3n) is 23.1. The Morgan fingerprint density at radius 1 is 0.574 bits per heavy atom.